The van der Waals surface area contributed by atoms with Crippen LogP contribution < -0.4 is 0 Å². The van der Waals surface area contributed by atoms with Crippen LogP contribution >= 0.6 is 15.9 Å². The van der Waals surface area contributed by atoms with E-state index in [1.807, 2.05) is 4.68 Å². The topological polar surface area (TPSA) is 30.7 Å². The first-order chi connectivity index (χ1) is 9.22. The Kier molecular flexibility index (Phi) is 5.14. The van der Waals surface area contributed by atoms with Crippen LogP contribution in [0.5, 0.6) is 0 Å². The molecular weight excluding hydrogens is 302 g/mol. The molecule has 2 rings (SSSR count). The zero-order valence-corrected chi connectivity index (χ0v) is 13.1. The van der Waals surface area contributed by atoms with Gasteiger partial charge in [0.25, 0.3) is 0 Å². The maximum Gasteiger partial charge on any atom is 0.138 e. The minimum Gasteiger partial charge on any atom is -0.250 e. The molecule has 0 saturated carbocycles. The molecule has 0 saturated heterocycles. The molecule has 0 aliphatic carbocycles. The number of hydrogen-bond donors (Lipinski definition) is 0. The second kappa shape index (κ2) is 6.85. The molecule has 1 aromatic carbocycles. The molecule has 0 spiro atoms. The highest BCUT2D eigenvalue weighted by atomic mass is 79.9. The zero-order chi connectivity index (χ0) is 13.7. The SMILES string of the molecule is CCn1ncnc1CC(CBr)Cc1cccc(C)c1. The Bertz CT molecular complexity index is 522. The van der Waals surface area contributed by atoms with E-state index >= 15 is 0 Å². The lowest BCUT2D eigenvalue weighted by molar-refractivity contribution is 0.528. The highest BCUT2D eigenvalue weighted by Crippen LogP contribution is 2.16. The molecule has 3 nitrogen and oxygen atoms in total. The fourth-order valence-electron chi connectivity index (χ4n) is 2.32. The molecule has 0 bridgehead atoms. The predicted octanol–water partition coefficient (Wildman–Crippen LogP) is 3.40. The van der Waals surface area contributed by atoms with Crippen LogP contribution in [0.3, 0.4) is 0 Å². The summed E-state index contributed by atoms with van der Waals surface area (Å²) in [6, 6.07) is 8.73. The molecule has 0 aliphatic heterocycles. The Morgan fingerprint density at radius 2 is 2.16 bits per heavy atom. The minimum atomic E-state index is 0.552. The Labute approximate surface area is 123 Å². The minimum absolute atomic E-state index is 0.552. The van der Waals surface area contributed by atoms with Crippen molar-refractivity contribution in [3.8, 4) is 0 Å². The number of nitrogens with zero attached hydrogens (tertiary/aromatic N) is 3. The van der Waals surface area contributed by atoms with Gasteiger partial charge in [0.1, 0.15) is 12.2 Å². The van der Waals surface area contributed by atoms with Crippen LogP contribution in [0.25, 0.3) is 0 Å². The standard InChI is InChI=1S/C15H20BrN3/c1-3-19-15(17-11-18-19)9-14(10-16)8-13-6-4-5-12(2)7-13/h4-7,11,14H,3,8-10H2,1-2H3. The maximum atomic E-state index is 4.36. The number of benzene rings is 1. The third kappa shape index (κ3) is 3.90. The first kappa shape index (κ1) is 14.3. The molecule has 1 heterocycles. The Morgan fingerprint density at radius 3 is 2.84 bits per heavy atom. The first-order valence-corrected chi connectivity index (χ1v) is 7.83. The molecule has 0 N–H and O–H groups in total. The van der Waals surface area contributed by atoms with E-state index in [2.05, 4.69) is 64.1 Å². The van der Waals surface area contributed by atoms with E-state index in [1.165, 1.54) is 11.1 Å². The fourth-order valence-corrected chi connectivity index (χ4v) is 2.78. The number of rotatable bonds is 6. The maximum absolute atomic E-state index is 4.36. The van der Waals surface area contributed by atoms with Gasteiger partial charge in [-0.3, -0.25) is 4.68 Å². The van der Waals surface area contributed by atoms with Crippen molar-refractivity contribution in [3.63, 3.8) is 0 Å². The van der Waals surface area contributed by atoms with Gasteiger partial charge in [-0.15, -0.1) is 0 Å². The van der Waals surface area contributed by atoms with Crippen LogP contribution in [-0.2, 0) is 19.4 Å². The number of hydrogen-bond acceptors (Lipinski definition) is 2. The van der Waals surface area contributed by atoms with Gasteiger partial charge in [0.15, 0.2) is 0 Å². The zero-order valence-electron chi connectivity index (χ0n) is 11.5. The Balaban J connectivity index is 2.04. The number of aryl methyl sites for hydroxylation is 2. The van der Waals surface area contributed by atoms with Crippen LogP contribution in [0.4, 0.5) is 0 Å². The van der Waals surface area contributed by atoms with Crippen molar-refractivity contribution >= 4 is 15.9 Å². The first-order valence-electron chi connectivity index (χ1n) is 6.71. The van der Waals surface area contributed by atoms with Crippen molar-refractivity contribution in [2.75, 3.05) is 5.33 Å². The highest BCUT2D eigenvalue weighted by Gasteiger charge is 2.13. The van der Waals surface area contributed by atoms with Gasteiger partial charge in [-0.25, -0.2) is 4.98 Å². The van der Waals surface area contributed by atoms with Crippen LogP contribution in [0.15, 0.2) is 30.6 Å². The summed E-state index contributed by atoms with van der Waals surface area (Å²) in [6.45, 7) is 5.12. The molecule has 1 atom stereocenters. The molecule has 0 aliphatic rings. The molecule has 4 heteroatoms. The molecule has 2 aromatic rings. The van der Waals surface area contributed by atoms with E-state index in [0.717, 1.165) is 30.5 Å². The average molecular weight is 322 g/mol. The lowest BCUT2D eigenvalue weighted by Gasteiger charge is -2.14. The van der Waals surface area contributed by atoms with Crippen LogP contribution in [-0.4, -0.2) is 20.1 Å². The van der Waals surface area contributed by atoms with Crippen LogP contribution in [0.1, 0.15) is 23.9 Å². The third-order valence-corrected chi connectivity index (χ3v) is 4.21. The summed E-state index contributed by atoms with van der Waals surface area (Å²) in [7, 11) is 0. The van der Waals surface area contributed by atoms with Gasteiger partial charge in [-0.1, -0.05) is 45.8 Å². The lowest BCUT2D eigenvalue weighted by atomic mass is 9.97. The quantitative estimate of drug-likeness (QED) is 0.763. The summed E-state index contributed by atoms with van der Waals surface area (Å²) >= 11 is 3.63. The van der Waals surface area contributed by atoms with Gasteiger partial charge in [0.05, 0.1) is 0 Å². The average Bonchev–Trinajstić information content (AvgIpc) is 2.85. The van der Waals surface area contributed by atoms with Crippen molar-refractivity contribution in [3.05, 3.63) is 47.5 Å². The fraction of sp³-hybridized carbons (Fsp3) is 0.467. The molecule has 19 heavy (non-hydrogen) atoms. The summed E-state index contributed by atoms with van der Waals surface area (Å²) in [5.41, 5.74) is 2.72. The Hall–Kier alpha value is -1.16. The van der Waals surface area contributed by atoms with Gasteiger partial charge in [-0.05, 0) is 31.7 Å². The molecule has 1 unspecified atom stereocenters. The van der Waals surface area contributed by atoms with E-state index < -0.39 is 0 Å². The van der Waals surface area contributed by atoms with Gasteiger partial charge >= 0.3 is 0 Å². The van der Waals surface area contributed by atoms with Gasteiger partial charge < -0.3 is 0 Å². The van der Waals surface area contributed by atoms with Crippen molar-refractivity contribution in [2.24, 2.45) is 5.92 Å². The normalized spacial score (nSPS) is 12.6. The van der Waals surface area contributed by atoms with Crippen molar-refractivity contribution in [1.29, 1.82) is 0 Å². The van der Waals surface area contributed by atoms with E-state index in [1.54, 1.807) is 6.33 Å². The lowest BCUT2D eigenvalue weighted by Crippen LogP contribution is -2.14. The summed E-state index contributed by atoms with van der Waals surface area (Å²) < 4.78 is 1.98. The largest absolute Gasteiger partial charge is 0.250 e. The van der Waals surface area contributed by atoms with Gasteiger partial charge in [0, 0.05) is 18.3 Å². The van der Waals surface area contributed by atoms with E-state index in [0.29, 0.717) is 5.92 Å². The van der Waals surface area contributed by atoms with Crippen molar-refractivity contribution < 1.29 is 0 Å². The summed E-state index contributed by atoms with van der Waals surface area (Å²) in [6.07, 6.45) is 3.69. The summed E-state index contributed by atoms with van der Waals surface area (Å²) in [5, 5.41) is 5.22. The molecule has 0 amide bonds. The second-order valence-electron chi connectivity index (χ2n) is 4.91. The monoisotopic (exact) mass is 321 g/mol. The van der Waals surface area contributed by atoms with Crippen molar-refractivity contribution in [1.82, 2.24) is 14.8 Å². The van der Waals surface area contributed by atoms with Crippen LogP contribution in [0.2, 0.25) is 0 Å². The number of alkyl halides is 1. The summed E-state index contributed by atoms with van der Waals surface area (Å²) in [4.78, 5) is 4.36. The number of halogens is 1. The summed E-state index contributed by atoms with van der Waals surface area (Å²) in [5.74, 6) is 1.64. The van der Waals surface area contributed by atoms with Gasteiger partial charge in [0.2, 0.25) is 0 Å². The third-order valence-electron chi connectivity index (χ3n) is 3.29. The van der Waals surface area contributed by atoms with E-state index in [-0.39, 0.29) is 0 Å². The molecule has 0 fully saturated rings. The van der Waals surface area contributed by atoms with Crippen molar-refractivity contribution in [2.45, 2.75) is 33.2 Å². The Morgan fingerprint density at radius 1 is 1.32 bits per heavy atom. The van der Waals surface area contributed by atoms with E-state index in [9.17, 15) is 0 Å². The second-order valence-corrected chi connectivity index (χ2v) is 5.56. The smallest absolute Gasteiger partial charge is 0.138 e. The number of aromatic nitrogens is 3. The van der Waals surface area contributed by atoms with Crippen LogP contribution in [0, 0.1) is 12.8 Å². The molecular formula is C15H20BrN3. The highest BCUT2D eigenvalue weighted by molar-refractivity contribution is 9.09. The van der Waals surface area contributed by atoms with E-state index in [4.69, 9.17) is 0 Å². The molecule has 0 radical (unpaired) electrons. The predicted molar refractivity (Wildman–Crippen MR) is 81.6 cm³/mol. The molecule has 1 aromatic heterocycles. The molecule has 102 valence electrons. The van der Waals surface area contributed by atoms with Gasteiger partial charge in [-0.2, -0.15) is 5.10 Å².